The molecule has 0 aromatic heterocycles. The largest absolute Gasteiger partial charge is 0.253 e. The molecule has 0 N–H and O–H groups in total. The van der Waals surface area contributed by atoms with Crippen molar-refractivity contribution in [3.63, 3.8) is 0 Å². The average Bonchev–Trinajstić information content (AvgIpc) is 3.24. The fraction of sp³-hybridized carbons (Fsp3) is 0.500. The summed E-state index contributed by atoms with van der Waals surface area (Å²) in [6.45, 7) is 11.0. The number of rotatable bonds is 3. The van der Waals surface area contributed by atoms with Crippen LogP contribution in [0.4, 0.5) is 0 Å². The Labute approximate surface area is 167 Å². The molecule has 0 bridgehead atoms. The van der Waals surface area contributed by atoms with Crippen LogP contribution in [0.15, 0.2) is 63.5 Å². The lowest BCUT2D eigenvalue weighted by molar-refractivity contribution is -0.800. The molecule has 1 nitrogen and oxygen atoms in total. The molecule has 2 aliphatic rings. The van der Waals surface area contributed by atoms with Crippen molar-refractivity contribution in [1.29, 1.82) is 0 Å². The minimum atomic E-state index is 0.592. The van der Waals surface area contributed by atoms with E-state index in [-0.39, 0.29) is 0 Å². The average molecular weight is 363 g/mol. The van der Waals surface area contributed by atoms with Gasteiger partial charge in [-0.15, -0.1) is 5.73 Å². The third-order valence-corrected chi connectivity index (χ3v) is 4.94. The lowest BCUT2D eigenvalue weighted by Crippen LogP contribution is -2.27. The Morgan fingerprint density at radius 1 is 1.11 bits per heavy atom. The molecular weight excluding hydrogens is 326 g/mol. The van der Waals surface area contributed by atoms with Gasteiger partial charge in [-0.1, -0.05) is 40.5 Å². The summed E-state index contributed by atoms with van der Waals surface area (Å²) in [5.41, 5.74) is 11.6. The van der Waals surface area contributed by atoms with Crippen molar-refractivity contribution in [1.82, 2.24) is 0 Å². The minimum Gasteiger partial charge on any atom is -0.253 e. The minimum absolute atomic E-state index is 0.592. The van der Waals surface area contributed by atoms with Crippen molar-refractivity contribution in [2.45, 2.75) is 53.9 Å². The summed E-state index contributed by atoms with van der Waals surface area (Å²) in [5.74, 6) is 4.67. The van der Waals surface area contributed by atoms with Crippen LogP contribution in [-0.2, 0) is 0 Å². The molecule has 0 aromatic carbocycles. The zero-order valence-corrected chi connectivity index (χ0v) is 18.5. The third-order valence-electron chi connectivity index (χ3n) is 4.94. The van der Waals surface area contributed by atoms with Gasteiger partial charge in [0, 0.05) is 5.92 Å². The van der Waals surface area contributed by atoms with Gasteiger partial charge >= 0.3 is 0 Å². The predicted molar refractivity (Wildman–Crippen MR) is 118 cm³/mol. The molecule has 2 aliphatic carbocycles. The molecule has 1 heteroatoms. The highest BCUT2D eigenvalue weighted by Crippen LogP contribution is 2.46. The maximum Gasteiger partial charge on any atom is 0.142 e. The molecule has 0 amide bonds. The van der Waals surface area contributed by atoms with E-state index < -0.39 is 0 Å². The molecule has 1 saturated carbocycles. The van der Waals surface area contributed by atoms with Crippen LogP contribution in [0.2, 0.25) is 0 Å². The molecule has 144 valence electrons. The van der Waals surface area contributed by atoms with E-state index in [0.29, 0.717) is 10.4 Å². The van der Waals surface area contributed by atoms with Crippen molar-refractivity contribution < 1.29 is 4.48 Å². The van der Waals surface area contributed by atoms with E-state index in [1.165, 1.54) is 35.1 Å². The van der Waals surface area contributed by atoms with Gasteiger partial charge in [-0.3, -0.25) is 4.48 Å². The normalized spacial score (nSPS) is 25.3. The highest BCUT2D eigenvalue weighted by atomic mass is 15.3. The molecule has 2 atom stereocenters. The maximum atomic E-state index is 3.59. The third kappa shape index (κ3) is 7.64. The van der Waals surface area contributed by atoms with Crippen LogP contribution in [0, 0.1) is 23.8 Å². The van der Waals surface area contributed by atoms with E-state index in [9.17, 15) is 0 Å². The van der Waals surface area contributed by atoms with Crippen molar-refractivity contribution in [2.24, 2.45) is 11.8 Å². The van der Waals surface area contributed by atoms with Crippen molar-refractivity contribution in [3.8, 4) is 12.0 Å². The van der Waals surface area contributed by atoms with Gasteiger partial charge in [0.25, 0.3) is 0 Å². The number of allylic oxidation sites excluding steroid dienone is 9. The summed E-state index contributed by atoms with van der Waals surface area (Å²) in [7, 11) is 6.30. The number of quaternary nitrogens is 1. The summed E-state index contributed by atoms with van der Waals surface area (Å²) in [6, 6.07) is 3.31. The van der Waals surface area contributed by atoms with E-state index in [0.717, 1.165) is 17.9 Å². The molecule has 0 radical (unpaired) electrons. The van der Waals surface area contributed by atoms with Gasteiger partial charge in [-0.05, 0) is 77.4 Å². The Kier molecular flexibility index (Phi) is 6.94. The quantitative estimate of drug-likeness (QED) is 0.238. The molecular formula is C26H36N+. The number of hydrogen-bond donors (Lipinski definition) is 0. The first-order valence-electron chi connectivity index (χ1n) is 10.0. The molecule has 2 rings (SSSR count). The van der Waals surface area contributed by atoms with E-state index in [4.69, 9.17) is 0 Å². The van der Waals surface area contributed by atoms with E-state index in [2.05, 4.69) is 97.8 Å². The van der Waals surface area contributed by atoms with E-state index in [1.807, 2.05) is 0 Å². The number of hydrogen-bond acceptors (Lipinski definition) is 0. The van der Waals surface area contributed by atoms with Crippen LogP contribution < -0.4 is 0 Å². The molecule has 0 spiro atoms. The van der Waals surface area contributed by atoms with Crippen molar-refractivity contribution in [2.75, 3.05) is 21.1 Å². The van der Waals surface area contributed by atoms with Crippen molar-refractivity contribution in [3.05, 3.63) is 63.5 Å². The van der Waals surface area contributed by atoms with Crippen LogP contribution in [0.25, 0.3) is 0 Å². The Morgan fingerprint density at radius 3 is 2.44 bits per heavy atom. The maximum absolute atomic E-state index is 3.59. The fourth-order valence-corrected chi connectivity index (χ4v) is 3.48. The van der Waals surface area contributed by atoms with Crippen LogP contribution in [0.5, 0.6) is 0 Å². The van der Waals surface area contributed by atoms with Crippen LogP contribution >= 0.6 is 0 Å². The summed E-state index contributed by atoms with van der Waals surface area (Å²) >= 11 is 0. The second-order valence-electron chi connectivity index (χ2n) is 9.37. The molecule has 0 aliphatic heterocycles. The second kappa shape index (κ2) is 8.79. The highest BCUT2D eigenvalue weighted by Gasteiger charge is 2.33. The molecule has 1 unspecified atom stereocenters. The molecule has 27 heavy (non-hydrogen) atoms. The topological polar surface area (TPSA) is 0 Å². The predicted octanol–water partition coefficient (Wildman–Crippen LogP) is 6.34. The molecule has 0 heterocycles. The van der Waals surface area contributed by atoms with Crippen LogP contribution in [0.3, 0.4) is 0 Å². The monoisotopic (exact) mass is 362 g/mol. The number of fused-ring (bicyclic) bond motifs is 1. The van der Waals surface area contributed by atoms with Crippen LogP contribution in [-0.4, -0.2) is 25.6 Å². The molecule has 0 aromatic rings. The van der Waals surface area contributed by atoms with Gasteiger partial charge in [0.1, 0.15) is 6.04 Å². The van der Waals surface area contributed by atoms with Gasteiger partial charge in [0.05, 0.1) is 26.7 Å². The Morgan fingerprint density at radius 2 is 1.81 bits per heavy atom. The van der Waals surface area contributed by atoms with Gasteiger partial charge in [0.15, 0.2) is 0 Å². The first-order chi connectivity index (χ1) is 12.5. The van der Waals surface area contributed by atoms with Gasteiger partial charge < -0.3 is 0 Å². The van der Waals surface area contributed by atoms with Crippen molar-refractivity contribution >= 4 is 0 Å². The first-order valence-corrected chi connectivity index (χ1v) is 10.0. The van der Waals surface area contributed by atoms with Gasteiger partial charge in [-0.25, -0.2) is 0 Å². The van der Waals surface area contributed by atoms with E-state index in [1.54, 1.807) is 5.57 Å². The smallest absolute Gasteiger partial charge is 0.142 e. The zero-order chi connectivity index (χ0) is 20.2. The van der Waals surface area contributed by atoms with Gasteiger partial charge in [0.2, 0.25) is 0 Å². The Hall–Kier alpha value is -2.00. The Balaban J connectivity index is 2.29. The van der Waals surface area contributed by atoms with Crippen LogP contribution in [0.1, 0.15) is 53.9 Å². The highest BCUT2D eigenvalue weighted by molar-refractivity contribution is 5.44. The van der Waals surface area contributed by atoms with E-state index >= 15 is 0 Å². The second-order valence-corrected chi connectivity index (χ2v) is 9.37. The lowest BCUT2D eigenvalue weighted by Gasteiger charge is -2.17. The summed E-state index contributed by atoms with van der Waals surface area (Å²) in [6.07, 6.45) is 12.7. The molecule has 0 saturated heterocycles. The standard InChI is InChI=1S/C26H36N/c1-19(2)13-20(3)9-10-22(5)24-15-21(4)14-23(11-12-27(6,7)8)16-25-18-26(25)17-24/h9-10,13,16,24,26H,15,17-18H2,1-8H3/q+1/b20-9-,22-10+,25-16-/t14?,24-,26?/m0/s1. The zero-order valence-electron chi connectivity index (χ0n) is 18.5. The first kappa shape index (κ1) is 21.3. The SMILES string of the molecule is CC1=C=C(C#C[N+](C)(C)C)/C=C2/CC2C[C@@H](/C(C)=C/C=C(/C)C=C(C)C)C1. The summed E-state index contributed by atoms with van der Waals surface area (Å²) in [4.78, 5) is 0. The summed E-state index contributed by atoms with van der Waals surface area (Å²) < 4.78 is 0.651. The summed E-state index contributed by atoms with van der Waals surface area (Å²) in [5, 5.41) is 0. The fourth-order valence-electron chi connectivity index (χ4n) is 3.48. The lowest BCUT2D eigenvalue weighted by atomic mass is 9.88. The number of nitrogens with zero attached hydrogens (tertiary/aromatic N) is 1. The van der Waals surface area contributed by atoms with Gasteiger partial charge in [-0.2, -0.15) is 0 Å². The Bertz CT molecular complexity index is 827. The molecule has 1 fully saturated rings.